The Morgan fingerprint density at radius 2 is 1.86 bits per heavy atom. The highest BCUT2D eigenvalue weighted by atomic mass is 16.5. The highest BCUT2D eigenvalue weighted by Crippen LogP contribution is 2.56. The molecule has 1 aliphatic rings. The molecule has 0 bridgehead atoms. The van der Waals surface area contributed by atoms with Crippen LogP contribution in [0.2, 0.25) is 0 Å². The van der Waals surface area contributed by atoms with Crippen LogP contribution in [0.5, 0.6) is 0 Å². The number of carboxylic acids is 1. The van der Waals surface area contributed by atoms with Gasteiger partial charge in [0.2, 0.25) is 0 Å². The van der Waals surface area contributed by atoms with Gasteiger partial charge in [0, 0.05) is 5.92 Å². The summed E-state index contributed by atoms with van der Waals surface area (Å²) in [5.74, 6) is -1.21. The maximum absolute atomic E-state index is 11.1. The molecule has 4 nitrogen and oxygen atoms in total. The molecule has 82 valence electrons. The lowest BCUT2D eigenvalue weighted by Gasteiger charge is -2.38. The Balaban J connectivity index is 3.02. The highest BCUT2D eigenvalue weighted by Gasteiger charge is 2.57. The molecular weight excluding hydrogens is 184 g/mol. The van der Waals surface area contributed by atoms with Gasteiger partial charge in [-0.15, -0.1) is 0 Å². The van der Waals surface area contributed by atoms with Crippen molar-refractivity contribution in [2.75, 3.05) is 0 Å². The molecule has 1 unspecified atom stereocenters. The van der Waals surface area contributed by atoms with Crippen LogP contribution in [0.15, 0.2) is 0 Å². The SMILES string of the molecule is CC1(C)C(C(O)O)CC[C@@]1(C)C(=O)O. The first-order valence-corrected chi connectivity index (χ1v) is 4.83. The molecule has 2 atom stereocenters. The molecule has 1 fully saturated rings. The fraction of sp³-hybridized carbons (Fsp3) is 0.900. The summed E-state index contributed by atoms with van der Waals surface area (Å²) < 4.78 is 0. The summed E-state index contributed by atoms with van der Waals surface area (Å²) >= 11 is 0. The number of hydrogen-bond acceptors (Lipinski definition) is 3. The van der Waals surface area contributed by atoms with Crippen molar-refractivity contribution in [1.29, 1.82) is 0 Å². The summed E-state index contributed by atoms with van der Waals surface area (Å²) in [6.07, 6.45) is -0.378. The summed E-state index contributed by atoms with van der Waals surface area (Å²) in [5, 5.41) is 27.5. The second-order valence-corrected chi connectivity index (χ2v) is 4.92. The van der Waals surface area contributed by atoms with Gasteiger partial charge in [-0.2, -0.15) is 0 Å². The lowest BCUT2D eigenvalue weighted by atomic mass is 9.65. The standard InChI is InChI=1S/C10H18O4/c1-9(2)6(7(11)12)4-5-10(9,3)8(13)14/h6-7,11-12H,4-5H2,1-3H3,(H,13,14)/t6?,10-/m0/s1. The molecule has 0 aliphatic heterocycles. The van der Waals surface area contributed by atoms with Crippen molar-refractivity contribution in [3.63, 3.8) is 0 Å². The monoisotopic (exact) mass is 202 g/mol. The van der Waals surface area contributed by atoms with Crippen LogP contribution in [0.25, 0.3) is 0 Å². The fourth-order valence-corrected chi connectivity index (χ4v) is 2.44. The number of aliphatic carboxylic acids is 1. The van der Waals surface area contributed by atoms with E-state index < -0.39 is 23.1 Å². The lowest BCUT2D eigenvalue weighted by Crippen LogP contribution is -2.43. The summed E-state index contributed by atoms with van der Waals surface area (Å²) in [5.41, 5.74) is -1.45. The van der Waals surface area contributed by atoms with Crippen LogP contribution in [0.4, 0.5) is 0 Å². The van der Waals surface area contributed by atoms with E-state index in [1.807, 2.05) is 0 Å². The lowest BCUT2D eigenvalue weighted by molar-refractivity contribution is -0.161. The molecule has 3 N–H and O–H groups in total. The van der Waals surface area contributed by atoms with E-state index in [0.29, 0.717) is 12.8 Å². The van der Waals surface area contributed by atoms with Gasteiger partial charge in [-0.05, 0) is 25.2 Å². The van der Waals surface area contributed by atoms with Gasteiger partial charge in [0.05, 0.1) is 5.41 Å². The average Bonchev–Trinajstić information content (AvgIpc) is 2.24. The third kappa shape index (κ3) is 1.33. The van der Waals surface area contributed by atoms with Crippen molar-refractivity contribution in [2.45, 2.75) is 39.9 Å². The second-order valence-electron chi connectivity index (χ2n) is 4.92. The number of aliphatic hydroxyl groups is 2. The van der Waals surface area contributed by atoms with Gasteiger partial charge in [-0.25, -0.2) is 0 Å². The van der Waals surface area contributed by atoms with Gasteiger partial charge < -0.3 is 15.3 Å². The van der Waals surface area contributed by atoms with E-state index in [0.717, 1.165) is 0 Å². The van der Waals surface area contributed by atoms with E-state index in [4.69, 9.17) is 15.3 Å². The Labute approximate surface area is 83.6 Å². The highest BCUT2D eigenvalue weighted by molar-refractivity contribution is 5.75. The van der Waals surface area contributed by atoms with Crippen molar-refractivity contribution < 1.29 is 20.1 Å². The number of aliphatic hydroxyl groups excluding tert-OH is 1. The molecule has 1 rings (SSSR count). The molecule has 0 aromatic heterocycles. The van der Waals surface area contributed by atoms with Gasteiger partial charge in [0.15, 0.2) is 6.29 Å². The summed E-state index contributed by atoms with van der Waals surface area (Å²) in [6, 6.07) is 0. The number of carbonyl (C=O) groups is 1. The van der Waals surface area contributed by atoms with Crippen LogP contribution in [-0.4, -0.2) is 27.6 Å². The summed E-state index contributed by atoms with van der Waals surface area (Å²) in [6.45, 7) is 5.26. The Morgan fingerprint density at radius 3 is 2.07 bits per heavy atom. The number of hydrogen-bond donors (Lipinski definition) is 3. The average molecular weight is 202 g/mol. The Morgan fingerprint density at radius 1 is 1.36 bits per heavy atom. The fourth-order valence-electron chi connectivity index (χ4n) is 2.44. The first kappa shape index (κ1) is 11.5. The Bertz CT molecular complexity index is 247. The molecule has 0 aromatic carbocycles. The molecule has 0 heterocycles. The maximum Gasteiger partial charge on any atom is 0.309 e. The van der Waals surface area contributed by atoms with Crippen LogP contribution < -0.4 is 0 Å². The van der Waals surface area contributed by atoms with E-state index in [-0.39, 0.29) is 5.92 Å². The van der Waals surface area contributed by atoms with Crippen LogP contribution in [0.3, 0.4) is 0 Å². The Kier molecular flexibility index (Phi) is 2.63. The van der Waals surface area contributed by atoms with Crippen molar-refractivity contribution in [1.82, 2.24) is 0 Å². The second kappa shape index (κ2) is 3.21. The summed E-state index contributed by atoms with van der Waals surface area (Å²) in [4.78, 5) is 11.1. The topological polar surface area (TPSA) is 77.8 Å². The molecule has 0 saturated heterocycles. The van der Waals surface area contributed by atoms with Crippen LogP contribution >= 0.6 is 0 Å². The zero-order chi connectivity index (χ0) is 11.1. The molecule has 14 heavy (non-hydrogen) atoms. The quantitative estimate of drug-likeness (QED) is 0.579. The van der Waals surface area contributed by atoms with Gasteiger partial charge in [0.25, 0.3) is 0 Å². The first-order valence-electron chi connectivity index (χ1n) is 4.83. The van der Waals surface area contributed by atoms with Gasteiger partial charge in [0.1, 0.15) is 0 Å². The number of rotatable bonds is 2. The third-order valence-electron chi connectivity index (χ3n) is 4.14. The van der Waals surface area contributed by atoms with Crippen LogP contribution in [0, 0.1) is 16.7 Å². The molecule has 0 aromatic rings. The third-order valence-corrected chi connectivity index (χ3v) is 4.14. The molecular formula is C10H18O4. The van der Waals surface area contributed by atoms with E-state index in [9.17, 15) is 4.79 Å². The molecule has 1 saturated carbocycles. The number of carboxylic acid groups (broad SMARTS) is 1. The van der Waals surface area contributed by atoms with E-state index in [2.05, 4.69) is 0 Å². The van der Waals surface area contributed by atoms with Crippen LogP contribution in [-0.2, 0) is 4.79 Å². The molecule has 1 aliphatic carbocycles. The van der Waals surface area contributed by atoms with Crippen molar-refractivity contribution in [3.05, 3.63) is 0 Å². The van der Waals surface area contributed by atoms with Gasteiger partial charge >= 0.3 is 5.97 Å². The smallest absolute Gasteiger partial charge is 0.309 e. The van der Waals surface area contributed by atoms with E-state index in [1.165, 1.54) is 0 Å². The largest absolute Gasteiger partial charge is 0.481 e. The minimum atomic E-state index is -1.42. The minimum absolute atomic E-state index is 0.358. The zero-order valence-electron chi connectivity index (χ0n) is 8.82. The summed E-state index contributed by atoms with van der Waals surface area (Å²) in [7, 11) is 0. The van der Waals surface area contributed by atoms with E-state index >= 15 is 0 Å². The van der Waals surface area contributed by atoms with Crippen LogP contribution in [0.1, 0.15) is 33.6 Å². The molecule has 0 radical (unpaired) electrons. The van der Waals surface area contributed by atoms with Crippen molar-refractivity contribution >= 4 is 5.97 Å². The maximum atomic E-state index is 11.1. The minimum Gasteiger partial charge on any atom is -0.481 e. The first-order chi connectivity index (χ1) is 6.23. The van der Waals surface area contributed by atoms with Crippen molar-refractivity contribution in [3.8, 4) is 0 Å². The normalized spacial score (nSPS) is 36.3. The van der Waals surface area contributed by atoms with Gasteiger partial charge in [-0.3, -0.25) is 4.79 Å². The predicted molar refractivity (Wildman–Crippen MR) is 50.5 cm³/mol. The Hall–Kier alpha value is -0.610. The van der Waals surface area contributed by atoms with Gasteiger partial charge in [-0.1, -0.05) is 13.8 Å². The molecule has 0 amide bonds. The van der Waals surface area contributed by atoms with Crippen molar-refractivity contribution in [2.24, 2.45) is 16.7 Å². The zero-order valence-corrected chi connectivity index (χ0v) is 8.82. The van der Waals surface area contributed by atoms with E-state index in [1.54, 1.807) is 20.8 Å². The predicted octanol–water partition coefficient (Wildman–Crippen LogP) is 0.824. The molecule has 4 heteroatoms. The molecule has 0 spiro atoms.